The van der Waals surface area contributed by atoms with Crippen molar-refractivity contribution < 1.29 is 4.39 Å². The van der Waals surface area contributed by atoms with Gasteiger partial charge in [-0.25, -0.2) is 14.1 Å². The molecule has 4 heteroatoms. The molecular formula is C11H12FN3. The van der Waals surface area contributed by atoms with Crippen molar-refractivity contribution in [2.75, 3.05) is 0 Å². The second kappa shape index (κ2) is 4.21. The molecule has 0 unspecified atom stereocenters. The van der Waals surface area contributed by atoms with Crippen LogP contribution in [0.4, 0.5) is 4.39 Å². The minimum absolute atomic E-state index is 0.334. The molecule has 0 fully saturated rings. The van der Waals surface area contributed by atoms with E-state index in [4.69, 9.17) is 0 Å². The van der Waals surface area contributed by atoms with Gasteiger partial charge in [0.1, 0.15) is 5.82 Å². The van der Waals surface area contributed by atoms with Gasteiger partial charge in [-0.05, 0) is 24.6 Å². The molecule has 15 heavy (non-hydrogen) atoms. The Morgan fingerprint density at radius 1 is 1.33 bits per heavy atom. The van der Waals surface area contributed by atoms with Crippen molar-refractivity contribution >= 4 is 0 Å². The van der Waals surface area contributed by atoms with Crippen LogP contribution in [0.5, 0.6) is 0 Å². The predicted molar refractivity (Wildman–Crippen MR) is 55.3 cm³/mol. The summed E-state index contributed by atoms with van der Waals surface area (Å²) in [6.07, 6.45) is 5.05. The summed E-state index contributed by atoms with van der Waals surface area (Å²) in [6, 6.07) is 4.94. The average molecular weight is 205 g/mol. The Labute approximate surface area is 87.6 Å². The minimum Gasteiger partial charge on any atom is -0.234 e. The van der Waals surface area contributed by atoms with Crippen LogP contribution >= 0.6 is 0 Å². The summed E-state index contributed by atoms with van der Waals surface area (Å²) in [5, 5.41) is 4.33. The highest BCUT2D eigenvalue weighted by molar-refractivity contribution is 5.21. The molecule has 0 N–H and O–H groups in total. The van der Waals surface area contributed by atoms with Gasteiger partial charge in [0, 0.05) is 6.20 Å². The van der Waals surface area contributed by atoms with Gasteiger partial charge in [-0.3, -0.25) is 0 Å². The lowest BCUT2D eigenvalue weighted by Gasteiger charge is -1.98. The summed E-state index contributed by atoms with van der Waals surface area (Å²) < 4.78 is 14.3. The lowest BCUT2D eigenvalue weighted by molar-refractivity contribution is 0.619. The Kier molecular flexibility index (Phi) is 2.76. The smallest absolute Gasteiger partial charge is 0.153 e. The topological polar surface area (TPSA) is 30.7 Å². The van der Waals surface area contributed by atoms with Gasteiger partial charge in [0.05, 0.1) is 11.9 Å². The van der Waals surface area contributed by atoms with Crippen molar-refractivity contribution in [2.45, 2.75) is 19.8 Å². The van der Waals surface area contributed by atoms with Crippen LogP contribution in [-0.2, 0) is 6.42 Å². The van der Waals surface area contributed by atoms with E-state index in [0.29, 0.717) is 5.82 Å². The summed E-state index contributed by atoms with van der Waals surface area (Å²) in [6.45, 7) is 2.11. The molecule has 0 aromatic carbocycles. The maximum Gasteiger partial charge on any atom is 0.153 e. The molecule has 0 saturated heterocycles. The maximum absolute atomic E-state index is 12.6. The van der Waals surface area contributed by atoms with Crippen LogP contribution in [0.3, 0.4) is 0 Å². The number of pyridine rings is 1. The largest absolute Gasteiger partial charge is 0.234 e. The Bertz CT molecular complexity index is 433. The Morgan fingerprint density at radius 3 is 2.87 bits per heavy atom. The number of nitrogens with zero attached hydrogens (tertiary/aromatic N) is 3. The molecule has 0 amide bonds. The van der Waals surface area contributed by atoms with E-state index in [2.05, 4.69) is 17.0 Å². The first-order chi connectivity index (χ1) is 7.29. The fraction of sp³-hybridized carbons (Fsp3) is 0.273. The van der Waals surface area contributed by atoms with E-state index in [1.54, 1.807) is 10.7 Å². The highest BCUT2D eigenvalue weighted by atomic mass is 19.1. The third kappa shape index (κ3) is 2.21. The van der Waals surface area contributed by atoms with E-state index in [1.165, 1.54) is 12.3 Å². The Balaban J connectivity index is 2.25. The Hall–Kier alpha value is -1.71. The van der Waals surface area contributed by atoms with Gasteiger partial charge in [0.2, 0.25) is 0 Å². The molecule has 2 rings (SSSR count). The highest BCUT2D eigenvalue weighted by Crippen LogP contribution is 2.06. The molecule has 2 aromatic heterocycles. The van der Waals surface area contributed by atoms with Gasteiger partial charge >= 0.3 is 0 Å². The van der Waals surface area contributed by atoms with Crippen LogP contribution in [0.25, 0.3) is 5.82 Å². The van der Waals surface area contributed by atoms with Crippen molar-refractivity contribution in [3.05, 3.63) is 42.1 Å². The minimum atomic E-state index is -0.334. The van der Waals surface area contributed by atoms with E-state index in [9.17, 15) is 4.39 Å². The second-order valence-corrected chi connectivity index (χ2v) is 3.34. The number of halogens is 1. The number of aryl methyl sites for hydroxylation is 1. The highest BCUT2D eigenvalue weighted by Gasteiger charge is 2.01. The summed E-state index contributed by atoms with van der Waals surface area (Å²) >= 11 is 0. The van der Waals surface area contributed by atoms with Gasteiger partial charge in [-0.1, -0.05) is 13.3 Å². The Morgan fingerprint density at radius 2 is 2.20 bits per heavy atom. The van der Waals surface area contributed by atoms with Crippen molar-refractivity contribution in [1.29, 1.82) is 0 Å². The molecule has 0 spiro atoms. The maximum atomic E-state index is 12.6. The number of hydrogen-bond donors (Lipinski definition) is 0. The van der Waals surface area contributed by atoms with E-state index in [-0.39, 0.29) is 5.82 Å². The zero-order valence-electron chi connectivity index (χ0n) is 8.52. The zero-order chi connectivity index (χ0) is 10.7. The molecule has 3 nitrogen and oxygen atoms in total. The summed E-state index contributed by atoms with van der Waals surface area (Å²) in [5.74, 6) is 0.304. The van der Waals surface area contributed by atoms with Crippen molar-refractivity contribution in [3.63, 3.8) is 0 Å². The van der Waals surface area contributed by atoms with Crippen molar-refractivity contribution in [1.82, 2.24) is 14.8 Å². The monoisotopic (exact) mass is 205 g/mol. The van der Waals surface area contributed by atoms with Gasteiger partial charge in [0.15, 0.2) is 5.82 Å². The van der Waals surface area contributed by atoms with E-state index in [1.807, 2.05) is 12.3 Å². The molecule has 0 bridgehead atoms. The molecule has 0 aliphatic heterocycles. The van der Waals surface area contributed by atoms with Crippen molar-refractivity contribution in [2.24, 2.45) is 0 Å². The molecule has 2 aromatic rings. The molecule has 0 atom stereocenters. The quantitative estimate of drug-likeness (QED) is 0.770. The third-order valence-corrected chi connectivity index (χ3v) is 2.10. The van der Waals surface area contributed by atoms with E-state index in [0.717, 1.165) is 18.5 Å². The van der Waals surface area contributed by atoms with Gasteiger partial charge < -0.3 is 0 Å². The molecule has 0 aliphatic carbocycles. The van der Waals surface area contributed by atoms with Crippen LogP contribution in [0, 0.1) is 5.82 Å². The van der Waals surface area contributed by atoms with Gasteiger partial charge in [0.25, 0.3) is 0 Å². The lowest BCUT2D eigenvalue weighted by Crippen LogP contribution is -1.99. The molecular weight excluding hydrogens is 193 g/mol. The van der Waals surface area contributed by atoms with Crippen LogP contribution < -0.4 is 0 Å². The van der Waals surface area contributed by atoms with Gasteiger partial charge in [-0.15, -0.1) is 0 Å². The lowest BCUT2D eigenvalue weighted by atomic mass is 10.3. The summed E-state index contributed by atoms with van der Waals surface area (Å²) in [7, 11) is 0. The van der Waals surface area contributed by atoms with Gasteiger partial charge in [-0.2, -0.15) is 5.10 Å². The molecule has 0 aliphatic rings. The fourth-order valence-electron chi connectivity index (χ4n) is 1.38. The van der Waals surface area contributed by atoms with E-state index >= 15 is 0 Å². The third-order valence-electron chi connectivity index (χ3n) is 2.10. The number of hydrogen-bond acceptors (Lipinski definition) is 2. The number of rotatable bonds is 3. The normalized spacial score (nSPS) is 10.5. The van der Waals surface area contributed by atoms with Crippen LogP contribution in [-0.4, -0.2) is 14.8 Å². The summed E-state index contributed by atoms with van der Waals surface area (Å²) in [5.41, 5.74) is 1.03. The average Bonchev–Trinajstić information content (AvgIpc) is 2.68. The van der Waals surface area contributed by atoms with Crippen LogP contribution in [0.1, 0.15) is 19.0 Å². The first-order valence-corrected chi connectivity index (χ1v) is 4.96. The standard InChI is InChI=1S/C11H12FN3/c1-2-3-10-6-7-15(14-10)11-5-4-9(12)8-13-11/h4-8H,2-3H2,1H3. The molecule has 78 valence electrons. The fourth-order valence-corrected chi connectivity index (χ4v) is 1.38. The first-order valence-electron chi connectivity index (χ1n) is 4.96. The van der Waals surface area contributed by atoms with Crippen molar-refractivity contribution in [3.8, 4) is 5.82 Å². The SMILES string of the molecule is CCCc1ccn(-c2ccc(F)cn2)n1. The van der Waals surface area contributed by atoms with Crippen LogP contribution in [0.2, 0.25) is 0 Å². The molecule has 2 heterocycles. The number of aromatic nitrogens is 3. The van der Waals surface area contributed by atoms with E-state index < -0.39 is 0 Å². The first kappa shape index (κ1) is 9.83. The van der Waals surface area contributed by atoms with Crippen LogP contribution in [0.15, 0.2) is 30.6 Å². The molecule has 0 radical (unpaired) electrons. The molecule has 0 saturated carbocycles. The zero-order valence-corrected chi connectivity index (χ0v) is 8.52. The predicted octanol–water partition coefficient (Wildman–Crippen LogP) is 2.36. The second-order valence-electron chi connectivity index (χ2n) is 3.34. The summed E-state index contributed by atoms with van der Waals surface area (Å²) in [4.78, 5) is 3.95.